The molecule has 31 heavy (non-hydrogen) atoms. The molecule has 7 unspecified atom stereocenters. The maximum Gasteiger partial charge on any atom is 0.400 e. The molecule has 1 saturated heterocycles. The van der Waals surface area contributed by atoms with Crippen LogP contribution in [-0.2, 0) is 38.7 Å². The second-order valence-electron chi connectivity index (χ2n) is 9.10. The molecular weight excluding hydrogens is 449 g/mol. The lowest BCUT2D eigenvalue weighted by Crippen LogP contribution is -2.45. The van der Waals surface area contributed by atoms with Crippen LogP contribution >= 0.6 is 0 Å². The van der Waals surface area contributed by atoms with Crippen molar-refractivity contribution in [2.24, 2.45) is 29.1 Å². The lowest BCUT2D eigenvalue weighted by Gasteiger charge is -2.32. The molecule has 176 valence electrons. The number of hydrogen-bond acceptors (Lipinski definition) is 8. The Bertz CT molecular complexity index is 882. The Morgan fingerprint density at radius 1 is 1.26 bits per heavy atom. The maximum atomic E-state index is 13.6. The third kappa shape index (κ3) is 4.01. The van der Waals surface area contributed by atoms with Crippen LogP contribution in [0.1, 0.15) is 33.6 Å². The average Bonchev–Trinajstić information content (AvgIpc) is 3.23. The van der Waals surface area contributed by atoms with Gasteiger partial charge < -0.3 is 14.2 Å². The molecule has 7 atom stereocenters. The normalized spacial score (nSPS) is 33.2. The van der Waals surface area contributed by atoms with E-state index in [9.17, 15) is 36.0 Å². The highest BCUT2D eigenvalue weighted by Gasteiger charge is 2.70. The lowest BCUT2D eigenvalue weighted by molar-refractivity contribution is -0.173. The zero-order valence-corrected chi connectivity index (χ0v) is 17.7. The van der Waals surface area contributed by atoms with Crippen LogP contribution in [0.3, 0.4) is 0 Å². The third-order valence-electron chi connectivity index (χ3n) is 6.00. The van der Waals surface area contributed by atoms with Gasteiger partial charge >= 0.3 is 33.3 Å². The van der Waals surface area contributed by atoms with Crippen molar-refractivity contribution in [2.75, 3.05) is 6.61 Å². The molecule has 1 heterocycles. The van der Waals surface area contributed by atoms with E-state index in [2.05, 4.69) is 0 Å². The van der Waals surface area contributed by atoms with Crippen molar-refractivity contribution in [3.05, 3.63) is 0 Å². The number of fused-ring (bicyclic) bond motifs is 1. The summed E-state index contributed by atoms with van der Waals surface area (Å²) in [4.78, 5) is 37.1. The highest BCUT2D eigenvalue weighted by atomic mass is 32.2. The van der Waals surface area contributed by atoms with Crippen LogP contribution in [0.25, 0.3) is 0 Å². The quantitative estimate of drug-likeness (QED) is 0.332. The summed E-state index contributed by atoms with van der Waals surface area (Å²) in [6.07, 6.45) is -5.69. The van der Waals surface area contributed by atoms with Gasteiger partial charge in [0.25, 0.3) is 0 Å². The first-order chi connectivity index (χ1) is 14.1. The highest BCUT2D eigenvalue weighted by molar-refractivity contribution is 7.86. The van der Waals surface area contributed by atoms with Crippen LogP contribution < -0.4 is 0 Å². The minimum absolute atomic E-state index is 0.357. The molecule has 0 aromatic heterocycles. The summed E-state index contributed by atoms with van der Waals surface area (Å²) in [5.74, 6) is -5.05. The summed E-state index contributed by atoms with van der Waals surface area (Å²) >= 11 is 0. The molecule has 9 nitrogen and oxygen atoms in total. The van der Waals surface area contributed by atoms with Gasteiger partial charge in [0, 0.05) is 18.3 Å². The van der Waals surface area contributed by atoms with E-state index in [-0.39, 0.29) is 5.92 Å². The Hall–Kier alpha value is -1.89. The van der Waals surface area contributed by atoms with E-state index in [4.69, 9.17) is 18.8 Å². The summed E-state index contributed by atoms with van der Waals surface area (Å²) in [5.41, 5.74) is -0.839. The number of esters is 3. The van der Waals surface area contributed by atoms with Gasteiger partial charge in [0.2, 0.25) is 0 Å². The van der Waals surface area contributed by atoms with Gasteiger partial charge in [0.1, 0.15) is 12.2 Å². The number of halogens is 3. The smallest absolute Gasteiger partial charge is 0.400 e. The first kappa shape index (κ1) is 23.8. The van der Waals surface area contributed by atoms with Gasteiger partial charge in [-0.2, -0.15) is 17.2 Å². The van der Waals surface area contributed by atoms with Gasteiger partial charge in [0.15, 0.2) is 6.17 Å². The van der Waals surface area contributed by atoms with E-state index in [0.717, 1.165) is 0 Å². The number of ether oxygens (including phenoxy) is 3. The molecule has 2 saturated carbocycles. The second kappa shape index (κ2) is 7.61. The molecule has 3 fully saturated rings. The SMILES string of the molecule is CC(C)(C)C(=O)OC1C2CC3C1OC(=O)C3C2C(=O)OCCC(F)C(F)(F)S(=O)(=O)O. The van der Waals surface area contributed by atoms with Crippen molar-refractivity contribution < 1.29 is 54.7 Å². The molecule has 0 spiro atoms. The van der Waals surface area contributed by atoms with Crippen molar-refractivity contribution >= 4 is 28.0 Å². The number of alkyl halides is 3. The zero-order valence-electron chi connectivity index (χ0n) is 16.9. The molecule has 2 aliphatic carbocycles. The van der Waals surface area contributed by atoms with Gasteiger partial charge in [-0.25, -0.2) is 4.39 Å². The molecule has 0 aromatic carbocycles. The van der Waals surface area contributed by atoms with Crippen LogP contribution in [-0.4, -0.2) is 61.1 Å². The zero-order chi connectivity index (χ0) is 23.5. The summed E-state index contributed by atoms with van der Waals surface area (Å²) in [6.45, 7) is 3.99. The van der Waals surface area contributed by atoms with E-state index >= 15 is 0 Å². The van der Waals surface area contributed by atoms with Gasteiger partial charge in [-0.3, -0.25) is 18.9 Å². The van der Waals surface area contributed by atoms with Crippen molar-refractivity contribution in [3.63, 3.8) is 0 Å². The van der Waals surface area contributed by atoms with Crippen LogP contribution in [0.2, 0.25) is 0 Å². The van der Waals surface area contributed by atoms with Crippen LogP contribution in [0, 0.1) is 29.1 Å². The van der Waals surface area contributed by atoms with Gasteiger partial charge in [-0.1, -0.05) is 0 Å². The molecule has 0 amide bonds. The minimum atomic E-state index is -5.98. The van der Waals surface area contributed by atoms with Crippen molar-refractivity contribution in [2.45, 2.75) is 57.2 Å². The molecule has 1 N–H and O–H groups in total. The molecule has 2 bridgehead atoms. The van der Waals surface area contributed by atoms with E-state index < -0.39 is 87.9 Å². The van der Waals surface area contributed by atoms with Crippen LogP contribution in [0.15, 0.2) is 0 Å². The average molecular weight is 472 g/mol. The fourth-order valence-corrected chi connectivity index (χ4v) is 4.90. The van der Waals surface area contributed by atoms with Crippen molar-refractivity contribution in [1.82, 2.24) is 0 Å². The van der Waals surface area contributed by atoms with E-state index in [1.807, 2.05) is 0 Å². The molecule has 3 rings (SSSR count). The van der Waals surface area contributed by atoms with Gasteiger partial charge in [-0.05, 0) is 27.2 Å². The Balaban J connectivity index is 1.66. The lowest BCUT2D eigenvalue weighted by atomic mass is 9.78. The molecule has 1 aliphatic heterocycles. The van der Waals surface area contributed by atoms with E-state index in [1.165, 1.54) is 0 Å². The van der Waals surface area contributed by atoms with Gasteiger partial charge in [-0.15, -0.1) is 0 Å². The molecule has 3 aliphatic rings. The summed E-state index contributed by atoms with van der Waals surface area (Å²) in [7, 11) is -5.98. The number of carbonyl (C=O) groups is 3. The Morgan fingerprint density at radius 2 is 1.87 bits per heavy atom. The monoisotopic (exact) mass is 472 g/mol. The predicted octanol–water partition coefficient (Wildman–Crippen LogP) is 1.50. The van der Waals surface area contributed by atoms with Crippen molar-refractivity contribution in [1.29, 1.82) is 0 Å². The summed E-state index contributed by atoms with van der Waals surface area (Å²) in [5, 5.41) is -5.05. The third-order valence-corrected chi connectivity index (χ3v) is 6.94. The number of rotatable bonds is 7. The minimum Gasteiger partial charge on any atom is -0.465 e. The van der Waals surface area contributed by atoms with E-state index in [1.54, 1.807) is 20.8 Å². The highest BCUT2D eigenvalue weighted by Crippen LogP contribution is 2.59. The number of hydrogen-bond donors (Lipinski definition) is 1. The van der Waals surface area contributed by atoms with Crippen molar-refractivity contribution in [3.8, 4) is 0 Å². The standard InChI is InChI=1S/C18H23F3O9S/c1-17(2,3)16(24)30-13-7-6-8-11(15(23)29-12(8)13)10(7)14(22)28-5-4-9(19)18(20,21)31(25,26)27/h7-13H,4-6H2,1-3H3,(H,25,26,27). The van der Waals surface area contributed by atoms with Gasteiger partial charge in [0.05, 0.1) is 23.9 Å². The fourth-order valence-electron chi connectivity index (χ4n) is 4.46. The molecule has 0 radical (unpaired) electrons. The summed E-state index contributed by atoms with van der Waals surface area (Å²) < 4.78 is 85.3. The number of carbonyl (C=O) groups excluding carboxylic acids is 3. The first-order valence-electron chi connectivity index (χ1n) is 9.64. The Kier molecular flexibility index (Phi) is 5.83. The van der Waals surface area contributed by atoms with Crippen LogP contribution in [0.4, 0.5) is 13.2 Å². The Morgan fingerprint density at radius 3 is 2.42 bits per heavy atom. The first-order valence-corrected chi connectivity index (χ1v) is 11.1. The second-order valence-corrected chi connectivity index (χ2v) is 10.6. The van der Waals surface area contributed by atoms with E-state index in [0.29, 0.717) is 6.42 Å². The molecular formula is C18H23F3O9S. The molecule has 13 heteroatoms. The summed E-state index contributed by atoms with van der Waals surface area (Å²) in [6, 6.07) is 0. The topological polar surface area (TPSA) is 133 Å². The van der Waals surface area contributed by atoms with Crippen LogP contribution in [0.5, 0.6) is 0 Å². The Labute approximate surface area is 176 Å². The largest absolute Gasteiger partial charge is 0.465 e. The molecule has 0 aromatic rings. The maximum absolute atomic E-state index is 13.6. The fraction of sp³-hybridized carbons (Fsp3) is 0.833. The predicted molar refractivity (Wildman–Crippen MR) is 94.8 cm³/mol.